The second kappa shape index (κ2) is 11.1. The van der Waals surface area contributed by atoms with Crippen LogP contribution in [0.2, 0.25) is 0 Å². The zero-order valence-corrected chi connectivity index (χ0v) is 20.8. The number of aromatic nitrogens is 1. The summed E-state index contributed by atoms with van der Waals surface area (Å²) >= 11 is 1.47. The molecule has 7 heteroatoms. The van der Waals surface area contributed by atoms with E-state index in [0.717, 1.165) is 58.0 Å². The normalized spacial score (nSPS) is 11.2. The van der Waals surface area contributed by atoms with Crippen LogP contribution >= 0.6 is 11.3 Å². The van der Waals surface area contributed by atoms with Gasteiger partial charge >= 0.3 is 0 Å². The quantitative estimate of drug-likeness (QED) is 0.104. The lowest BCUT2D eigenvalue weighted by atomic mass is 10.0. The molecule has 6 nitrogen and oxygen atoms in total. The van der Waals surface area contributed by atoms with Crippen LogP contribution in [0.15, 0.2) is 71.7 Å². The summed E-state index contributed by atoms with van der Waals surface area (Å²) in [6, 6.07) is 20.7. The summed E-state index contributed by atoms with van der Waals surface area (Å²) in [6.07, 6.45) is 3.93. The number of aryl methyl sites for hydroxylation is 2. The van der Waals surface area contributed by atoms with E-state index in [1.54, 1.807) is 18.3 Å². The van der Waals surface area contributed by atoms with Crippen molar-refractivity contribution in [3.05, 3.63) is 93.5 Å². The molecule has 0 bridgehead atoms. The zero-order chi connectivity index (χ0) is 24.8. The maximum Gasteiger partial charge on any atom is 0.269 e. The van der Waals surface area contributed by atoms with Gasteiger partial charge in [-0.25, -0.2) is 9.98 Å². The molecular weight excluding hydrogens is 458 g/mol. The maximum atomic E-state index is 11.1. The van der Waals surface area contributed by atoms with E-state index < -0.39 is 4.92 Å². The second-order valence-corrected chi connectivity index (χ2v) is 9.30. The van der Waals surface area contributed by atoms with Crippen LogP contribution in [0, 0.1) is 24.0 Å². The van der Waals surface area contributed by atoms with Gasteiger partial charge in [0.1, 0.15) is 5.75 Å². The average Bonchev–Trinajstić information content (AvgIpc) is 3.27. The van der Waals surface area contributed by atoms with E-state index in [4.69, 9.17) is 9.72 Å². The number of thiazole rings is 1. The smallest absolute Gasteiger partial charge is 0.269 e. The lowest BCUT2D eigenvalue weighted by Gasteiger charge is -2.07. The third-order valence-electron chi connectivity index (χ3n) is 5.56. The van der Waals surface area contributed by atoms with Gasteiger partial charge < -0.3 is 4.74 Å². The Morgan fingerprint density at radius 2 is 1.80 bits per heavy atom. The lowest BCUT2D eigenvalue weighted by Crippen LogP contribution is -1.96. The zero-order valence-electron chi connectivity index (χ0n) is 20.0. The summed E-state index contributed by atoms with van der Waals surface area (Å²) in [5.74, 6) is 0.849. The fourth-order valence-electron chi connectivity index (χ4n) is 3.67. The van der Waals surface area contributed by atoms with Crippen LogP contribution in [0.4, 0.5) is 10.8 Å². The number of nitro benzene ring substituents is 1. The number of benzene rings is 3. The van der Waals surface area contributed by atoms with E-state index in [-0.39, 0.29) is 5.69 Å². The van der Waals surface area contributed by atoms with Crippen LogP contribution in [-0.2, 0) is 0 Å². The molecular formula is C28H27N3O3S. The number of nitro groups is 1. The number of non-ortho nitro benzene ring substituents is 1. The van der Waals surface area contributed by atoms with Crippen LogP contribution in [0.3, 0.4) is 0 Å². The first-order chi connectivity index (χ1) is 16.9. The Balaban J connectivity index is 1.66. The van der Waals surface area contributed by atoms with E-state index in [1.165, 1.54) is 29.0 Å². The standard InChI is InChI=1S/C28H27N3O3S/c1-4-5-16-34-24-13-7-21(8-14-24)18-29-28-30-26(25-15-6-19(2)17-20(25)3)27(35-28)22-9-11-23(12-10-22)31(32)33/h6-15,17-18H,4-5,16H2,1-3H3. The minimum absolute atomic E-state index is 0.0618. The van der Waals surface area contributed by atoms with Crippen molar-refractivity contribution in [2.24, 2.45) is 4.99 Å². The summed E-state index contributed by atoms with van der Waals surface area (Å²) in [7, 11) is 0. The number of nitrogens with zero attached hydrogens (tertiary/aromatic N) is 3. The number of hydrogen-bond donors (Lipinski definition) is 0. The molecule has 0 aliphatic carbocycles. The average molecular weight is 486 g/mol. The highest BCUT2D eigenvalue weighted by atomic mass is 32.1. The molecule has 0 atom stereocenters. The molecule has 1 heterocycles. The van der Waals surface area contributed by atoms with Crippen LogP contribution in [0.5, 0.6) is 5.75 Å². The minimum atomic E-state index is -0.392. The Kier molecular flexibility index (Phi) is 7.67. The molecule has 0 fully saturated rings. The van der Waals surface area contributed by atoms with Crippen LogP contribution < -0.4 is 4.74 Å². The van der Waals surface area contributed by atoms with Crippen molar-refractivity contribution in [1.29, 1.82) is 0 Å². The Morgan fingerprint density at radius 3 is 2.46 bits per heavy atom. The Morgan fingerprint density at radius 1 is 1.06 bits per heavy atom. The van der Waals surface area contributed by atoms with Crippen LogP contribution in [0.1, 0.15) is 36.5 Å². The summed E-state index contributed by atoms with van der Waals surface area (Å²) in [5, 5.41) is 11.7. The second-order valence-electron chi connectivity index (χ2n) is 8.33. The highest BCUT2D eigenvalue weighted by Crippen LogP contribution is 2.41. The van der Waals surface area contributed by atoms with Crippen molar-refractivity contribution in [2.75, 3.05) is 6.61 Å². The fourth-order valence-corrected chi connectivity index (χ4v) is 4.60. The Bertz CT molecular complexity index is 1340. The molecule has 1 aromatic heterocycles. The van der Waals surface area contributed by atoms with Gasteiger partial charge in [-0.15, -0.1) is 0 Å². The van der Waals surface area contributed by atoms with Crippen LogP contribution in [-0.4, -0.2) is 22.7 Å². The van der Waals surface area contributed by atoms with Gasteiger partial charge in [-0.05, 0) is 73.4 Å². The van der Waals surface area contributed by atoms with E-state index in [2.05, 4.69) is 44.0 Å². The van der Waals surface area contributed by atoms with Gasteiger partial charge in [-0.1, -0.05) is 48.4 Å². The predicted octanol–water partition coefficient (Wildman–Crippen LogP) is 7.93. The molecule has 4 rings (SSSR count). The molecule has 0 N–H and O–H groups in total. The summed E-state index contributed by atoms with van der Waals surface area (Å²) in [4.78, 5) is 21.1. The molecule has 0 aliphatic heterocycles. The van der Waals surface area contributed by atoms with E-state index in [0.29, 0.717) is 5.13 Å². The Labute approximate surface area is 209 Å². The molecule has 35 heavy (non-hydrogen) atoms. The first-order valence-electron chi connectivity index (χ1n) is 11.5. The third kappa shape index (κ3) is 6.00. The third-order valence-corrected chi connectivity index (χ3v) is 6.58. The van der Waals surface area contributed by atoms with Gasteiger partial charge in [-0.3, -0.25) is 10.1 Å². The largest absolute Gasteiger partial charge is 0.494 e. The van der Waals surface area contributed by atoms with Crippen molar-refractivity contribution in [2.45, 2.75) is 33.6 Å². The molecule has 0 saturated carbocycles. The summed E-state index contributed by atoms with van der Waals surface area (Å²) in [5.41, 5.74) is 6.03. The highest BCUT2D eigenvalue weighted by molar-refractivity contribution is 7.19. The molecule has 0 saturated heterocycles. The van der Waals surface area contributed by atoms with Gasteiger partial charge in [-0.2, -0.15) is 0 Å². The van der Waals surface area contributed by atoms with E-state index in [1.807, 2.05) is 24.3 Å². The first kappa shape index (κ1) is 24.3. The van der Waals surface area contributed by atoms with Crippen molar-refractivity contribution < 1.29 is 9.66 Å². The van der Waals surface area contributed by atoms with Gasteiger partial charge in [0.15, 0.2) is 0 Å². The Hall–Kier alpha value is -3.84. The monoisotopic (exact) mass is 485 g/mol. The van der Waals surface area contributed by atoms with Gasteiger partial charge in [0.05, 0.1) is 22.1 Å². The first-order valence-corrected chi connectivity index (χ1v) is 12.4. The molecule has 178 valence electrons. The fraction of sp³-hybridized carbons (Fsp3) is 0.214. The van der Waals surface area contributed by atoms with Gasteiger partial charge in [0.25, 0.3) is 5.69 Å². The molecule has 0 aliphatic rings. The molecule has 0 spiro atoms. The number of ether oxygens (including phenoxy) is 1. The minimum Gasteiger partial charge on any atom is -0.494 e. The number of rotatable bonds is 9. The van der Waals surface area contributed by atoms with E-state index in [9.17, 15) is 10.1 Å². The van der Waals surface area contributed by atoms with Gasteiger partial charge in [0, 0.05) is 23.9 Å². The van der Waals surface area contributed by atoms with Crippen molar-refractivity contribution >= 4 is 28.4 Å². The van der Waals surface area contributed by atoms with Crippen LogP contribution in [0.25, 0.3) is 21.7 Å². The van der Waals surface area contributed by atoms with E-state index >= 15 is 0 Å². The van der Waals surface area contributed by atoms with Gasteiger partial charge in [0.2, 0.25) is 5.13 Å². The number of hydrogen-bond acceptors (Lipinski definition) is 6. The SMILES string of the molecule is CCCCOc1ccc(C=Nc2nc(-c3ccc(C)cc3C)c(-c3ccc([N+](=O)[O-])cc3)s2)cc1. The topological polar surface area (TPSA) is 77.6 Å². The molecule has 0 radical (unpaired) electrons. The number of aliphatic imine (C=N–C) groups is 1. The maximum absolute atomic E-state index is 11.1. The van der Waals surface area contributed by atoms with Crippen molar-refractivity contribution in [3.8, 4) is 27.4 Å². The predicted molar refractivity (Wildman–Crippen MR) is 143 cm³/mol. The molecule has 3 aromatic carbocycles. The highest BCUT2D eigenvalue weighted by Gasteiger charge is 2.17. The lowest BCUT2D eigenvalue weighted by molar-refractivity contribution is -0.384. The van der Waals surface area contributed by atoms with Crippen molar-refractivity contribution in [1.82, 2.24) is 4.98 Å². The molecule has 0 unspecified atom stereocenters. The number of unbranched alkanes of at least 4 members (excludes halogenated alkanes) is 1. The summed E-state index contributed by atoms with van der Waals surface area (Å²) < 4.78 is 5.73. The molecule has 0 amide bonds. The summed E-state index contributed by atoms with van der Waals surface area (Å²) in [6.45, 7) is 6.98. The molecule has 4 aromatic rings. The van der Waals surface area contributed by atoms with Crippen molar-refractivity contribution in [3.63, 3.8) is 0 Å².